The monoisotopic (exact) mass is 252 g/mol. The normalized spacial score (nSPS) is 17.9. The van der Waals surface area contributed by atoms with E-state index in [1.165, 1.54) is 31.1 Å². The molecular formula is C14H21FN2O. The number of carbonyl (C=O) groups is 1. The van der Waals surface area contributed by atoms with Gasteiger partial charge >= 0.3 is 0 Å². The Morgan fingerprint density at radius 1 is 1.44 bits per heavy atom. The summed E-state index contributed by atoms with van der Waals surface area (Å²) in [5.74, 6) is -0.904. The highest BCUT2D eigenvalue weighted by Crippen LogP contribution is 2.11. The van der Waals surface area contributed by atoms with Crippen molar-refractivity contribution in [2.75, 3.05) is 26.2 Å². The van der Waals surface area contributed by atoms with Crippen molar-refractivity contribution >= 4 is 5.91 Å². The van der Waals surface area contributed by atoms with Crippen LogP contribution in [0.25, 0.3) is 0 Å². The minimum atomic E-state index is -0.520. The summed E-state index contributed by atoms with van der Waals surface area (Å²) >= 11 is 0. The van der Waals surface area contributed by atoms with E-state index in [0.29, 0.717) is 6.54 Å². The van der Waals surface area contributed by atoms with Gasteiger partial charge in [-0.3, -0.25) is 4.79 Å². The summed E-state index contributed by atoms with van der Waals surface area (Å²) in [6, 6.07) is 0. The molecule has 1 heterocycles. The summed E-state index contributed by atoms with van der Waals surface area (Å²) in [5.41, 5.74) is 0.0360. The number of nitrogens with one attached hydrogen (secondary N) is 1. The molecular weight excluding hydrogens is 231 g/mol. The lowest BCUT2D eigenvalue weighted by Crippen LogP contribution is -2.34. The second kappa shape index (κ2) is 7.82. The molecule has 0 radical (unpaired) electrons. The third-order valence-electron chi connectivity index (χ3n) is 2.95. The van der Waals surface area contributed by atoms with E-state index in [2.05, 4.69) is 16.8 Å². The van der Waals surface area contributed by atoms with Crippen molar-refractivity contribution in [3.63, 3.8) is 0 Å². The van der Waals surface area contributed by atoms with Crippen LogP contribution in [0.5, 0.6) is 0 Å². The fourth-order valence-corrected chi connectivity index (χ4v) is 1.97. The molecule has 0 aromatic carbocycles. The number of rotatable bonds is 6. The molecule has 18 heavy (non-hydrogen) atoms. The van der Waals surface area contributed by atoms with Gasteiger partial charge in [0.1, 0.15) is 5.83 Å². The number of carbonyl (C=O) groups excluding carboxylic acids is 1. The van der Waals surface area contributed by atoms with Crippen molar-refractivity contribution in [1.82, 2.24) is 10.2 Å². The fourth-order valence-electron chi connectivity index (χ4n) is 1.97. The number of halogens is 1. The highest BCUT2D eigenvalue weighted by molar-refractivity contribution is 5.97. The van der Waals surface area contributed by atoms with Crippen LogP contribution < -0.4 is 5.32 Å². The molecule has 0 unspecified atom stereocenters. The quantitative estimate of drug-likeness (QED) is 0.580. The van der Waals surface area contributed by atoms with Crippen LogP contribution >= 0.6 is 0 Å². The molecule has 0 bridgehead atoms. The van der Waals surface area contributed by atoms with E-state index in [0.717, 1.165) is 19.6 Å². The molecule has 0 atom stereocenters. The summed E-state index contributed by atoms with van der Waals surface area (Å²) in [6.07, 6.45) is 6.53. The van der Waals surface area contributed by atoms with Gasteiger partial charge in [0, 0.05) is 13.1 Å². The number of amides is 1. The first-order valence-corrected chi connectivity index (χ1v) is 6.34. The van der Waals surface area contributed by atoms with E-state index < -0.39 is 5.83 Å². The maximum Gasteiger partial charge on any atom is 0.254 e. The van der Waals surface area contributed by atoms with Crippen LogP contribution in [0.2, 0.25) is 0 Å². The highest BCUT2D eigenvalue weighted by atomic mass is 19.1. The van der Waals surface area contributed by atoms with Gasteiger partial charge in [0.25, 0.3) is 5.91 Å². The smallest absolute Gasteiger partial charge is 0.254 e. The summed E-state index contributed by atoms with van der Waals surface area (Å²) < 4.78 is 13.4. The second-order valence-electron chi connectivity index (χ2n) is 4.26. The molecule has 0 saturated carbocycles. The van der Waals surface area contributed by atoms with Crippen LogP contribution in [0, 0.1) is 0 Å². The van der Waals surface area contributed by atoms with Gasteiger partial charge in [-0.05, 0) is 38.9 Å². The molecule has 3 nitrogen and oxygen atoms in total. The number of hydrogen-bond donors (Lipinski definition) is 1. The molecule has 1 saturated heterocycles. The Kier molecular flexibility index (Phi) is 6.36. The Labute approximate surface area is 108 Å². The van der Waals surface area contributed by atoms with Gasteiger partial charge in [0.2, 0.25) is 0 Å². The maximum absolute atomic E-state index is 13.4. The van der Waals surface area contributed by atoms with E-state index in [-0.39, 0.29) is 11.5 Å². The highest BCUT2D eigenvalue weighted by Gasteiger charge is 2.14. The molecule has 1 aliphatic heterocycles. The molecule has 1 N–H and O–H groups in total. The molecule has 0 aliphatic carbocycles. The summed E-state index contributed by atoms with van der Waals surface area (Å²) in [4.78, 5) is 14.1. The summed E-state index contributed by atoms with van der Waals surface area (Å²) in [6.45, 7) is 8.60. The zero-order valence-electron chi connectivity index (χ0n) is 10.9. The predicted molar refractivity (Wildman–Crippen MR) is 71.8 cm³/mol. The Bertz CT molecular complexity index is 355. The van der Waals surface area contributed by atoms with Crippen molar-refractivity contribution in [2.24, 2.45) is 0 Å². The molecule has 100 valence electrons. The average molecular weight is 252 g/mol. The minimum absolute atomic E-state index is 0.0360. The topological polar surface area (TPSA) is 32.3 Å². The SMILES string of the molecule is C=C/C=C(C(=O)NCCN1CCCC1)\C(F)=C/C. The van der Waals surface area contributed by atoms with Gasteiger partial charge in [-0.25, -0.2) is 4.39 Å². The molecule has 0 spiro atoms. The Hall–Kier alpha value is -1.42. The molecule has 0 aromatic rings. The number of hydrogen-bond acceptors (Lipinski definition) is 2. The van der Waals surface area contributed by atoms with Crippen molar-refractivity contribution in [1.29, 1.82) is 0 Å². The van der Waals surface area contributed by atoms with Gasteiger partial charge in [0.05, 0.1) is 5.57 Å². The van der Waals surface area contributed by atoms with Gasteiger partial charge in [0.15, 0.2) is 0 Å². The van der Waals surface area contributed by atoms with E-state index >= 15 is 0 Å². The second-order valence-corrected chi connectivity index (χ2v) is 4.26. The standard InChI is InChI=1S/C14H21FN2O/c1-3-7-12(13(15)4-2)14(18)16-8-11-17-9-5-6-10-17/h3-4,7H,1,5-6,8-11H2,2H3,(H,16,18)/b12-7+,13-4+. The van der Waals surface area contributed by atoms with Crippen molar-refractivity contribution in [3.8, 4) is 0 Å². The molecule has 4 heteroatoms. The fraction of sp³-hybridized carbons (Fsp3) is 0.500. The Balaban J connectivity index is 2.42. The first-order valence-electron chi connectivity index (χ1n) is 6.34. The van der Waals surface area contributed by atoms with Crippen LogP contribution in [0.3, 0.4) is 0 Å². The van der Waals surface area contributed by atoms with Crippen LogP contribution in [-0.2, 0) is 4.79 Å². The third kappa shape index (κ3) is 4.45. The van der Waals surface area contributed by atoms with E-state index in [1.807, 2.05) is 0 Å². The Morgan fingerprint density at radius 2 is 2.11 bits per heavy atom. The van der Waals surface area contributed by atoms with Crippen LogP contribution in [0.15, 0.2) is 36.2 Å². The predicted octanol–water partition coefficient (Wildman–Crippen LogP) is 2.18. The first kappa shape index (κ1) is 14.6. The number of likely N-dealkylation sites (tertiary alicyclic amines) is 1. The first-order chi connectivity index (χ1) is 8.69. The van der Waals surface area contributed by atoms with Gasteiger partial charge in [-0.15, -0.1) is 0 Å². The van der Waals surface area contributed by atoms with Crippen molar-refractivity contribution in [3.05, 3.63) is 36.2 Å². The van der Waals surface area contributed by atoms with Crippen molar-refractivity contribution < 1.29 is 9.18 Å². The van der Waals surface area contributed by atoms with E-state index in [1.54, 1.807) is 6.92 Å². The maximum atomic E-state index is 13.4. The van der Waals surface area contributed by atoms with Gasteiger partial charge < -0.3 is 10.2 Å². The van der Waals surface area contributed by atoms with Crippen LogP contribution in [0.1, 0.15) is 19.8 Å². The van der Waals surface area contributed by atoms with Crippen LogP contribution in [0.4, 0.5) is 4.39 Å². The third-order valence-corrected chi connectivity index (χ3v) is 2.95. The Morgan fingerprint density at radius 3 is 2.67 bits per heavy atom. The molecule has 1 rings (SSSR count). The number of allylic oxidation sites excluding steroid dienone is 3. The van der Waals surface area contributed by atoms with E-state index in [9.17, 15) is 9.18 Å². The molecule has 1 aliphatic rings. The lowest BCUT2D eigenvalue weighted by molar-refractivity contribution is -0.117. The number of nitrogens with zero attached hydrogens (tertiary/aromatic N) is 1. The van der Waals surface area contributed by atoms with E-state index in [4.69, 9.17) is 0 Å². The lowest BCUT2D eigenvalue weighted by atomic mass is 10.2. The average Bonchev–Trinajstić information content (AvgIpc) is 2.88. The lowest BCUT2D eigenvalue weighted by Gasteiger charge is -2.15. The molecule has 1 fully saturated rings. The zero-order valence-corrected chi connectivity index (χ0v) is 10.9. The zero-order chi connectivity index (χ0) is 13.4. The minimum Gasteiger partial charge on any atom is -0.351 e. The van der Waals surface area contributed by atoms with Gasteiger partial charge in [-0.2, -0.15) is 0 Å². The molecule has 1 amide bonds. The van der Waals surface area contributed by atoms with Crippen molar-refractivity contribution in [2.45, 2.75) is 19.8 Å². The largest absolute Gasteiger partial charge is 0.351 e. The van der Waals surface area contributed by atoms with Gasteiger partial charge in [-0.1, -0.05) is 18.7 Å². The summed E-state index contributed by atoms with van der Waals surface area (Å²) in [5, 5.41) is 2.73. The van der Waals surface area contributed by atoms with Crippen LogP contribution in [-0.4, -0.2) is 37.0 Å². The summed E-state index contributed by atoms with van der Waals surface area (Å²) in [7, 11) is 0. The molecule has 0 aromatic heterocycles.